The first-order chi connectivity index (χ1) is 10.7. The van der Waals surface area contributed by atoms with E-state index in [1.807, 2.05) is 42.6 Å². The van der Waals surface area contributed by atoms with Crippen LogP contribution in [0.4, 0.5) is 4.79 Å². The monoisotopic (exact) mass is 292 g/mol. The molecule has 110 valence electrons. The lowest BCUT2D eigenvalue weighted by atomic mass is 9.92. The highest BCUT2D eigenvalue weighted by Gasteiger charge is 2.35. The summed E-state index contributed by atoms with van der Waals surface area (Å²) in [5.74, 6) is 0.115. The minimum Gasteiger partial charge on any atom is -0.465 e. The highest BCUT2D eigenvalue weighted by Crippen LogP contribution is 2.44. The molecule has 2 atom stereocenters. The SMILES string of the molecule is O=C(O)N[C@@H]1c2ccccc2C[C@H]1c1c[nH]c2ccccc12. The summed E-state index contributed by atoms with van der Waals surface area (Å²) in [6.45, 7) is 0. The van der Waals surface area contributed by atoms with Crippen molar-refractivity contribution in [3.05, 3.63) is 71.4 Å². The van der Waals surface area contributed by atoms with Gasteiger partial charge in [-0.05, 0) is 29.2 Å². The number of para-hydroxylation sites is 1. The molecule has 0 fully saturated rings. The molecule has 1 heterocycles. The van der Waals surface area contributed by atoms with E-state index in [1.54, 1.807) is 0 Å². The van der Waals surface area contributed by atoms with Crippen molar-refractivity contribution in [1.82, 2.24) is 10.3 Å². The molecule has 1 amide bonds. The molecule has 4 heteroatoms. The van der Waals surface area contributed by atoms with Gasteiger partial charge in [0.2, 0.25) is 0 Å². The van der Waals surface area contributed by atoms with Gasteiger partial charge in [0.15, 0.2) is 0 Å². The van der Waals surface area contributed by atoms with E-state index in [-0.39, 0.29) is 12.0 Å². The number of hydrogen-bond acceptors (Lipinski definition) is 1. The summed E-state index contributed by atoms with van der Waals surface area (Å²) in [6.07, 6.45) is 1.88. The van der Waals surface area contributed by atoms with E-state index in [2.05, 4.69) is 22.4 Å². The molecule has 4 rings (SSSR count). The minimum absolute atomic E-state index is 0.115. The molecule has 1 aromatic heterocycles. The number of rotatable bonds is 2. The van der Waals surface area contributed by atoms with Gasteiger partial charge in [0.25, 0.3) is 0 Å². The first kappa shape index (κ1) is 13.0. The van der Waals surface area contributed by atoms with E-state index in [4.69, 9.17) is 0 Å². The Morgan fingerprint density at radius 2 is 1.86 bits per heavy atom. The summed E-state index contributed by atoms with van der Waals surface area (Å²) in [6, 6.07) is 16.0. The minimum atomic E-state index is -0.980. The molecule has 3 N–H and O–H groups in total. The number of hydrogen-bond donors (Lipinski definition) is 3. The van der Waals surface area contributed by atoms with Crippen molar-refractivity contribution in [2.75, 3.05) is 0 Å². The van der Waals surface area contributed by atoms with Crippen LogP contribution in [0.3, 0.4) is 0 Å². The molecule has 1 aliphatic rings. The number of H-pyrrole nitrogens is 1. The van der Waals surface area contributed by atoms with E-state index in [0.29, 0.717) is 0 Å². The zero-order chi connectivity index (χ0) is 15.1. The number of fused-ring (bicyclic) bond motifs is 2. The number of aromatic amines is 1. The first-order valence-corrected chi connectivity index (χ1v) is 7.37. The Balaban J connectivity index is 1.82. The van der Waals surface area contributed by atoms with Gasteiger partial charge in [0.1, 0.15) is 0 Å². The highest BCUT2D eigenvalue weighted by atomic mass is 16.4. The number of carbonyl (C=O) groups is 1. The fourth-order valence-corrected chi connectivity index (χ4v) is 3.60. The van der Waals surface area contributed by atoms with Crippen LogP contribution in [0, 0.1) is 0 Å². The summed E-state index contributed by atoms with van der Waals surface area (Å²) in [4.78, 5) is 14.5. The van der Waals surface area contributed by atoms with Crippen LogP contribution in [-0.2, 0) is 6.42 Å². The molecule has 0 radical (unpaired) electrons. The van der Waals surface area contributed by atoms with Crippen LogP contribution < -0.4 is 5.32 Å². The van der Waals surface area contributed by atoms with Gasteiger partial charge in [0.05, 0.1) is 6.04 Å². The predicted molar refractivity (Wildman–Crippen MR) is 85.1 cm³/mol. The van der Waals surface area contributed by atoms with Crippen molar-refractivity contribution < 1.29 is 9.90 Å². The fourth-order valence-electron chi connectivity index (χ4n) is 3.60. The number of benzene rings is 2. The maximum Gasteiger partial charge on any atom is 0.405 e. The van der Waals surface area contributed by atoms with Gasteiger partial charge in [0, 0.05) is 23.0 Å². The summed E-state index contributed by atoms with van der Waals surface area (Å²) in [7, 11) is 0. The molecular weight excluding hydrogens is 276 g/mol. The maximum atomic E-state index is 11.2. The van der Waals surface area contributed by atoms with Crippen molar-refractivity contribution in [1.29, 1.82) is 0 Å². The standard InChI is InChI=1S/C18H16N2O2/c21-18(22)20-17-12-6-2-1-5-11(12)9-14(17)15-10-19-16-8-4-3-7-13(15)16/h1-8,10,14,17,19-20H,9H2,(H,21,22)/t14-,17+/m0/s1. The van der Waals surface area contributed by atoms with E-state index < -0.39 is 6.09 Å². The lowest BCUT2D eigenvalue weighted by Crippen LogP contribution is -2.29. The molecule has 4 nitrogen and oxygen atoms in total. The van der Waals surface area contributed by atoms with Crippen molar-refractivity contribution in [2.24, 2.45) is 0 Å². The zero-order valence-corrected chi connectivity index (χ0v) is 11.9. The topological polar surface area (TPSA) is 65.1 Å². The summed E-state index contributed by atoms with van der Waals surface area (Å²) in [5.41, 5.74) is 4.56. The van der Waals surface area contributed by atoms with Crippen LogP contribution in [0.25, 0.3) is 10.9 Å². The molecule has 0 spiro atoms. The number of amides is 1. The third-order valence-electron chi connectivity index (χ3n) is 4.53. The third kappa shape index (κ3) is 1.96. The molecule has 0 bridgehead atoms. The van der Waals surface area contributed by atoms with Gasteiger partial charge in [-0.1, -0.05) is 42.5 Å². The Labute approximate surface area is 127 Å². The second-order valence-corrected chi connectivity index (χ2v) is 5.73. The molecule has 0 aliphatic heterocycles. The molecule has 0 saturated heterocycles. The average molecular weight is 292 g/mol. The third-order valence-corrected chi connectivity index (χ3v) is 4.53. The van der Waals surface area contributed by atoms with Crippen LogP contribution in [0.1, 0.15) is 28.7 Å². The van der Waals surface area contributed by atoms with E-state index in [0.717, 1.165) is 22.9 Å². The predicted octanol–water partition coefficient (Wildman–Crippen LogP) is 3.82. The quantitative estimate of drug-likeness (QED) is 0.672. The molecule has 22 heavy (non-hydrogen) atoms. The lowest BCUT2D eigenvalue weighted by molar-refractivity contribution is 0.188. The van der Waals surface area contributed by atoms with Crippen molar-refractivity contribution in [3.63, 3.8) is 0 Å². The molecular formula is C18H16N2O2. The highest BCUT2D eigenvalue weighted by molar-refractivity contribution is 5.84. The van der Waals surface area contributed by atoms with Gasteiger partial charge in [-0.15, -0.1) is 0 Å². The second-order valence-electron chi connectivity index (χ2n) is 5.73. The Morgan fingerprint density at radius 3 is 2.73 bits per heavy atom. The normalized spacial score (nSPS) is 20.0. The lowest BCUT2D eigenvalue weighted by Gasteiger charge is -2.20. The van der Waals surface area contributed by atoms with Crippen molar-refractivity contribution in [3.8, 4) is 0 Å². The zero-order valence-electron chi connectivity index (χ0n) is 11.9. The largest absolute Gasteiger partial charge is 0.465 e. The van der Waals surface area contributed by atoms with Crippen LogP contribution in [0.2, 0.25) is 0 Å². The number of aromatic nitrogens is 1. The van der Waals surface area contributed by atoms with Crippen molar-refractivity contribution >= 4 is 17.0 Å². The Kier molecular flexibility index (Phi) is 2.89. The molecule has 2 aromatic carbocycles. The van der Waals surface area contributed by atoms with Gasteiger partial charge >= 0.3 is 6.09 Å². The second kappa shape index (κ2) is 4.91. The van der Waals surface area contributed by atoms with E-state index in [1.165, 1.54) is 11.1 Å². The summed E-state index contributed by atoms with van der Waals surface area (Å²) in [5, 5.41) is 13.1. The molecule has 3 aromatic rings. The van der Waals surface area contributed by atoms with Gasteiger partial charge < -0.3 is 15.4 Å². The molecule has 1 aliphatic carbocycles. The average Bonchev–Trinajstić information content (AvgIpc) is 3.09. The van der Waals surface area contributed by atoms with Crippen LogP contribution in [-0.4, -0.2) is 16.2 Å². The van der Waals surface area contributed by atoms with Gasteiger partial charge in [-0.3, -0.25) is 0 Å². The van der Waals surface area contributed by atoms with Crippen LogP contribution in [0.5, 0.6) is 0 Å². The summed E-state index contributed by atoms with van der Waals surface area (Å²) < 4.78 is 0. The molecule has 0 saturated carbocycles. The smallest absolute Gasteiger partial charge is 0.405 e. The van der Waals surface area contributed by atoms with Gasteiger partial charge in [-0.25, -0.2) is 4.79 Å². The summed E-state index contributed by atoms with van der Waals surface area (Å²) >= 11 is 0. The van der Waals surface area contributed by atoms with E-state index in [9.17, 15) is 9.90 Å². The Bertz CT molecular complexity index is 853. The van der Waals surface area contributed by atoms with Gasteiger partial charge in [-0.2, -0.15) is 0 Å². The first-order valence-electron chi connectivity index (χ1n) is 7.37. The Hall–Kier alpha value is -2.75. The van der Waals surface area contributed by atoms with Crippen molar-refractivity contribution in [2.45, 2.75) is 18.4 Å². The van der Waals surface area contributed by atoms with Crippen LogP contribution >= 0.6 is 0 Å². The van der Waals surface area contributed by atoms with E-state index >= 15 is 0 Å². The molecule has 0 unspecified atom stereocenters. The number of nitrogens with one attached hydrogen (secondary N) is 2. The number of carboxylic acid groups (broad SMARTS) is 1. The fraction of sp³-hybridized carbons (Fsp3) is 0.167. The van der Waals surface area contributed by atoms with Crippen LogP contribution in [0.15, 0.2) is 54.7 Å². The Morgan fingerprint density at radius 1 is 1.09 bits per heavy atom. The maximum absolute atomic E-state index is 11.2.